The number of hydrogen-bond acceptors (Lipinski definition) is 13. The Hall–Kier alpha value is -2.94. The van der Waals surface area contributed by atoms with Crippen LogP contribution in [0.25, 0.3) is 0 Å². The number of rotatable bonds is 10. The van der Waals surface area contributed by atoms with Crippen LogP contribution in [0, 0.1) is 41.4 Å². The highest BCUT2D eigenvalue weighted by Gasteiger charge is 2.53. The lowest BCUT2D eigenvalue weighted by molar-refractivity contribution is -0.265. The van der Waals surface area contributed by atoms with E-state index in [0.717, 1.165) is 24.8 Å². The fourth-order valence-corrected chi connectivity index (χ4v) is 13.6. The van der Waals surface area contributed by atoms with E-state index >= 15 is 0 Å². The van der Waals surface area contributed by atoms with Gasteiger partial charge in [-0.3, -0.25) is 19.2 Å². The summed E-state index contributed by atoms with van der Waals surface area (Å²) in [5.74, 6) is -8.24. The highest BCUT2D eigenvalue weighted by Crippen LogP contribution is 2.39. The van der Waals surface area contributed by atoms with Crippen LogP contribution in [0.5, 0.6) is 0 Å². The molecule has 1 saturated carbocycles. The number of piperidine rings is 1. The maximum absolute atomic E-state index is 14.7. The highest BCUT2D eigenvalue weighted by atomic mass is 28.4. The lowest BCUT2D eigenvalue weighted by Gasteiger charge is -2.42. The number of Topliss-reactive ketones (excluding diaryl/α,β-unsaturated/α-hetero) is 3. The molecule has 14 nitrogen and oxygen atoms in total. The Morgan fingerprint density at radius 2 is 1.49 bits per heavy atom. The Balaban J connectivity index is 1.76. The van der Waals surface area contributed by atoms with Crippen molar-refractivity contribution in [1.82, 2.24) is 4.90 Å². The first-order valence-corrected chi connectivity index (χ1v) is 34.2. The monoisotopic (exact) mass is 1060 g/mol. The lowest BCUT2D eigenvalue weighted by atomic mass is 9.78. The van der Waals surface area contributed by atoms with Crippen molar-refractivity contribution < 1.29 is 62.0 Å². The molecule has 1 amide bonds. The van der Waals surface area contributed by atoms with Crippen molar-refractivity contribution in [1.29, 1.82) is 0 Å². The molecule has 2 saturated heterocycles. The number of cyclic esters (lactones) is 1. The van der Waals surface area contributed by atoms with E-state index in [4.69, 9.17) is 27.8 Å². The highest BCUT2D eigenvalue weighted by molar-refractivity contribution is 6.70. The standard InChI is InChI=1S/C57H95NO13Si2/c1-36-21-17-16-18-22-37(2)49(66-8)33-44-26-24-42(7)57(65,69-44)54(62)55(63)58-28-20-19-23-46(58)56(64)68-50(39(4)31-43-25-27-48(51(32-43)67-9)70-72(10,11)12)34-47(60)38(3)30-41(6)53(71-73(13,14)15)45(35-59)52(61)40(5)29-36/h16-18,21-22,30,36,38-40,42-46,48-51,53,59,65H,19-20,23-29,31-35H2,1-15H3/b18-16?,21-17+,37-22?,41-30+. The minimum absolute atomic E-state index is 0.0121. The lowest BCUT2D eigenvalue weighted by Crippen LogP contribution is -2.61. The molecule has 3 fully saturated rings. The quantitative estimate of drug-likeness (QED) is 0.0914. The number of amides is 1. The average Bonchev–Trinajstić information content (AvgIpc) is 3.32. The van der Waals surface area contributed by atoms with Crippen LogP contribution >= 0.6 is 0 Å². The molecular formula is C57H95NO13Si2. The van der Waals surface area contributed by atoms with Crippen LogP contribution in [-0.2, 0) is 51.8 Å². The predicted molar refractivity (Wildman–Crippen MR) is 289 cm³/mol. The summed E-state index contributed by atoms with van der Waals surface area (Å²) in [4.78, 5) is 73.6. The molecule has 73 heavy (non-hydrogen) atoms. The molecule has 4 rings (SSSR count). The summed E-state index contributed by atoms with van der Waals surface area (Å²) in [5.41, 5.74) is 1.56. The third-order valence-electron chi connectivity index (χ3n) is 15.5. The number of aliphatic hydroxyl groups excluding tert-OH is 1. The van der Waals surface area contributed by atoms with Crippen molar-refractivity contribution >= 4 is 45.9 Å². The van der Waals surface area contributed by atoms with Crippen molar-refractivity contribution in [3.05, 3.63) is 47.6 Å². The number of nitrogens with zero attached hydrogens (tertiary/aromatic N) is 1. The van der Waals surface area contributed by atoms with E-state index < -0.39 is 101 Å². The van der Waals surface area contributed by atoms with Gasteiger partial charge in [0, 0.05) is 51.4 Å². The summed E-state index contributed by atoms with van der Waals surface area (Å²) in [6.45, 7) is 25.5. The second kappa shape index (κ2) is 27.9. The Labute approximate surface area is 440 Å². The molecule has 2 N–H and O–H groups in total. The summed E-state index contributed by atoms with van der Waals surface area (Å²) in [7, 11) is -0.860. The molecule has 3 heterocycles. The second-order valence-electron chi connectivity index (χ2n) is 24.1. The van der Waals surface area contributed by atoms with E-state index in [0.29, 0.717) is 50.5 Å². The van der Waals surface area contributed by atoms with Crippen LogP contribution in [0.4, 0.5) is 0 Å². The number of aliphatic hydroxyl groups is 2. The number of ether oxygens (including phenoxy) is 4. The minimum atomic E-state index is -2.42. The number of esters is 1. The average molecular weight is 1060 g/mol. The molecule has 1 aliphatic carbocycles. The van der Waals surface area contributed by atoms with Gasteiger partial charge in [0.15, 0.2) is 16.6 Å². The zero-order valence-corrected chi connectivity index (χ0v) is 49.3. The van der Waals surface area contributed by atoms with E-state index in [9.17, 15) is 34.2 Å². The van der Waals surface area contributed by atoms with E-state index in [-0.39, 0.29) is 60.9 Å². The summed E-state index contributed by atoms with van der Waals surface area (Å²) >= 11 is 0. The third kappa shape index (κ3) is 18.1. The van der Waals surface area contributed by atoms with Gasteiger partial charge < -0.3 is 42.9 Å². The molecule has 4 aliphatic rings. The normalized spacial score (nSPS) is 36.6. The molecule has 15 atom stereocenters. The minimum Gasteiger partial charge on any atom is -0.460 e. The van der Waals surface area contributed by atoms with Gasteiger partial charge in [-0.2, -0.15) is 0 Å². The summed E-state index contributed by atoms with van der Waals surface area (Å²) < 4.78 is 37.7. The third-order valence-corrected chi connectivity index (χ3v) is 17.5. The van der Waals surface area contributed by atoms with Gasteiger partial charge in [-0.05, 0) is 146 Å². The molecule has 0 spiro atoms. The fraction of sp³-hybridized carbons (Fsp3) is 0.772. The number of fused-ring (bicyclic) bond motifs is 3. The van der Waals surface area contributed by atoms with Crippen molar-refractivity contribution in [2.45, 2.75) is 213 Å². The maximum atomic E-state index is 14.7. The molecule has 3 aliphatic heterocycles. The second-order valence-corrected chi connectivity index (χ2v) is 33.1. The van der Waals surface area contributed by atoms with Crippen LogP contribution < -0.4 is 0 Å². The van der Waals surface area contributed by atoms with Gasteiger partial charge in [0.1, 0.15) is 23.7 Å². The zero-order chi connectivity index (χ0) is 54.6. The zero-order valence-electron chi connectivity index (χ0n) is 47.3. The van der Waals surface area contributed by atoms with E-state index in [1.165, 1.54) is 4.90 Å². The number of carbonyl (C=O) groups is 5. The number of methoxy groups -OCH3 is 2. The molecule has 15 unspecified atom stereocenters. The summed E-state index contributed by atoms with van der Waals surface area (Å²) in [6, 6.07) is -1.12. The van der Waals surface area contributed by atoms with Gasteiger partial charge in [-0.25, -0.2) is 4.79 Å². The Morgan fingerprint density at radius 1 is 0.808 bits per heavy atom. The van der Waals surface area contributed by atoms with Gasteiger partial charge >= 0.3 is 5.97 Å². The van der Waals surface area contributed by atoms with Crippen LogP contribution in [0.2, 0.25) is 39.3 Å². The van der Waals surface area contributed by atoms with Crippen LogP contribution in [0.15, 0.2) is 47.6 Å². The topological polar surface area (TPSA) is 184 Å². The van der Waals surface area contributed by atoms with Crippen molar-refractivity contribution in [3.63, 3.8) is 0 Å². The smallest absolute Gasteiger partial charge is 0.329 e. The number of ketones is 3. The Bertz CT molecular complexity index is 1990. The Kier molecular flexibility index (Phi) is 23.9. The van der Waals surface area contributed by atoms with Crippen LogP contribution in [-0.4, -0.2) is 137 Å². The molecule has 16 heteroatoms. The molecular weight excluding hydrogens is 963 g/mol. The van der Waals surface area contributed by atoms with Crippen molar-refractivity contribution in [2.75, 3.05) is 27.4 Å². The van der Waals surface area contributed by atoms with Gasteiger partial charge in [0.2, 0.25) is 5.79 Å². The molecule has 0 radical (unpaired) electrons. The van der Waals surface area contributed by atoms with E-state index in [1.807, 2.05) is 90.7 Å². The largest absolute Gasteiger partial charge is 0.460 e. The van der Waals surface area contributed by atoms with E-state index in [2.05, 4.69) is 19.6 Å². The molecule has 414 valence electrons. The van der Waals surface area contributed by atoms with Gasteiger partial charge in [0.25, 0.3) is 11.7 Å². The van der Waals surface area contributed by atoms with Crippen molar-refractivity contribution in [2.24, 2.45) is 41.4 Å². The first-order valence-electron chi connectivity index (χ1n) is 27.4. The number of carbonyl (C=O) groups excluding carboxylic acids is 5. The van der Waals surface area contributed by atoms with Crippen LogP contribution in [0.3, 0.4) is 0 Å². The van der Waals surface area contributed by atoms with Gasteiger partial charge in [0.05, 0.1) is 43.0 Å². The Morgan fingerprint density at radius 3 is 2.12 bits per heavy atom. The SMILES string of the molecule is COC1CC2CCC(C)C(O)(O2)C(=O)C(=O)N2CCCCC2C(=O)OC(C(C)CC2CCC(O[Si](C)(C)C)C(OC)C2)CC(=O)C(C)/C=C(\C)C(O[Si](C)(C)C)C(CO)C(=O)C(C)CC(C)/C=C/C=CC=C1C. The fourth-order valence-electron chi connectivity index (χ4n) is 11.3. The van der Waals surface area contributed by atoms with Crippen LogP contribution in [0.1, 0.15) is 126 Å². The van der Waals surface area contributed by atoms with E-state index in [1.54, 1.807) is 28.1 Å². The summed E-state index contributed by atoms with van der Waals surface area (Å²) in [6.07, 6.45) is 14.9. The molecule has 0 aromatic heterocycles. The summed E-state index contributed by atoms with van der Waals surface area (Å²) in [5, 5.41) is 22.9. The number of hydrogen-bond donors (Lipinski definition) is 2. The van der Waals surface area contributed by atoms with Gasteiger partial charge in [-0.15, -0.1) is 0 Å². The predicted octanol–water partition coefficient (Wildman–Crippen LogP) is 9.49. The molecule has 0 aromatic carbocycles. The first-order chi connectivity index (χ1) is 34.1. The van der Waals surface area contributed by atoms with Gasteiger partial charge in [-0.1, -0.05) is 71.1 Å². The molecule has 2 bridgehead atoms. The van der Waals surface area contributed by atoms with Crippen molar-refractivity contribution in [3.8, 4) is 0 Å². The number of allylic oxidation sites excluding steroid dienone is 6. The maximum Gasteiger partial charge on any atom is 0.329 e. The molecule has 0 aromatic rings. The first kappa shape index (κ1) is 62.6.